The maximum atomic E-state index is 11.7. The van der Waals surface area contributed by atoms with Gasteiger partial charge in [0.05, 0.1) is 13.3 Å². The number of aromatic nitrogens is 2. The fourth-order valence-electron chi connectivity index (χ4n) is 1.74. The minimum absolute atomic E-state index is 0.195. The Hall–Kier alpha value is -1.65. The van der Waals surface area contributed by atoms with Gasteiger partial charge in [-0.25, -0.2) is 9.48 Å². The second-order valence-electron chi connectivity index (χ2n) is 4.12. The molecule has 1 fully saturated rings. The van der Waals surface area contributed by atoms with Crippen LogP contribution in [-0.4, -0.2) is 22.9 Å². The molecule has 0 amide bonds. The van der Waals surface area contributed by atoms with Crippen LogP contribution in [0.3, 0.4) is 0 Å². The molecule has 0 N–H and O–H groups in total. The van der Waals surface area contributed by atoms with Gasteiger partial charge in [-0.05, 0) is 31.2 Å². The Morgan fingerprint density at radius 3 is 2.81 bits per heavy atom. The Labute approximate surface area is 93.0 Å². The van der Waals surface area contributed by atoms with Gasteiger partial charge in [0.25, 0.3) is 5.56 Å². The first-order chi connectivity index (χ1) is 7.63. The van der Waals surface area contributed by atoms with Gasteiger partial charge in [-0.1, -0.05) is 0 Å². The first kappa shape index (κ1) is 10.9. The van der Waals surface area contributed by atoms with E-state index in [9.17, 15) is 9.59 Å². The summed E-state index contributed by atoms with van der Waals surface area (Å²) < 4.78 is 5.95. The molecule has 1 aliphatic carbocycles. The van der Waals surface area contributed by atoms with Crippen LogP contribution in [0.1, 0.15) is 24.4 Å². The monoisotopic (exact) mass is 222 g/mol. The Morgan fingerprint density at radius 2 is 2.31 bits per heavy atom. The minimum Gasteiger partial charge on any atom is -0.467 e. The van der Waals surface area contributed by atoms with Crippen molar-refractivity contribution in [2.45, 2.75) is 25.8 Å². The Morgan fingerprint density at radius 1 is 1.62 bits per heavy atom. The molecule has 1 heterocycles. The zero-order chi connectivity index (χ0) is 11.7. The summed E-state index contributed by atoms with van der Waals surface area (Å²) in [6.45, 7) is 1.79. The molecule has 1 atom stereocenters. The van der Waals surface area contributed by atoms with Gasteiger partial charge in [-0.3, -0.25) is 4.79 Å². The van der Waals surface area contributed by atoms with Crippen LogP contribution in [0.5, 0.6) is 0 Å². The quantitative estimate of drug-likeness (QED) is 0.705. The summed E-state index contributed by atoms with van der Waals surface area (Å²) in [5.74, 6) is -0.193. The lowest BCUT2D eigenvalue weighted by molar-refractivity contribution is -0.145. The average Bonchev–Trinajstić information content (AvgIpc) is 3.05. The Kier molecular flexibility index (Phi) is 2.77. The number of hydrogen-bond donors (Lipinski definition) is 0. The Bertz CT molecular complexity index is 463. The highest BCUT2D eigenvalue weighted by Crippen LogP contribution is 2.39. The van der Waals surface area contributed by atoms with Crippen molar-refractivity contribution in [1.82, 2.24) is 9.78 Å². The van der Waals surface area contributed by atoms with Gasteiger partial charge in [0.15, 0.2) is 6.04 Å². The van der Waals surface area contributed by atoms with Crippen LogP contribution < -0.4 is 5.56 Å². The topological polar surface area (TPSA) is 61.2 Å². The molecule has 1 aromatic rings. The number of rotatable bonds is 3. The average molecular weight is 222 g/mol. The van der Waals surface area contributed by atoms with Gasteiger partial charge in [-0.15, -0.1) is 0 Å². The van der Waals surface area contributed by atoms with E-state index in [0.29, 0.717) is 0 Å². The highest BCUT2D eigenvalue weighted by atomic mass is 16.5. The molecule has 1 aromatic heterocycles. The second-order valence-corrected chi connectivity index (χ2v) is 4.12. The number of aryl methyl sites for hydroxylation is 1. The van der Waals surface area contributed by atoms with Crippen molar-refractivity contribution in [3.05, 3.63) is 28.2 Å². The van der Waals surface area contributed by atoms with Gasteiger partial charge in [0.2, 0.25) is 0 Å². The summed E-state index contributed by atoms with van der Waals surface area (Å²) in [5.41, 5.74) is 0.544. The fourth-order valence-corrected chi connectivity index (χ4v) is 1.74. The predicted molar refractivity (Wildman–Crippen MR) is 57.0 cm³/mol. The number of carbonyl (C=O) groups excluding carboxylic acids is 1. The lowest BCUT2D eigenvalue weighted by atomic mass is 10.2. The van der Waals surface area contributed by atoms with Gasteiger partial charge in [0.1, 0.15) is 0 Å². The first-order valence-corrected chi connectivity index (χ1v) is 5.27. The van der Waals surface area contributed by atoms with Gasteiger partial charge in [-0.2, -0.15) is 5.10 Å². The fraction of sp³-hybridized carbons (Fsp3) is 0.545. The molecule has 0 aliphatic heterocycles. The predicted octanol–water partition coefficient (Wildman–Crippen LogP) is 0.676. The van der Waals surface area contributed by atoms with Gasteiger partial charge >= 0.3 is 5.97 Å². The van der Waals surface area contributed by atoms with E-state index in [-0.39, 0.29) is 17.4 Å². The van der Waals surface area contributed by atoms with E-state index in [1.807, 2.05) is 0 Å². The molecular formula is C11H14N2O3. The molecule has 0 bridgehead atoms. The van der Waals surface area contributed by atoms with Crippen LogP contribution in [0, 0.1) is 12.8 Å². The van der Waals surface area contributed by atoms with Crippen LogP contribution in [-0.2, 0) is 9.53 Å². The molecule has 16 heavy (non-hydrogen) atoms. The van der Waals surface area contributed by atoms with E-state index in [1.54, 1.807) is 13.1 Å². The maximum Gasteiger partial charge on any atom is 0.331 e. The number of hydrogen-bond acceptors (Lipinski definition) is 4. The van der Waals surface area contributed by atoms with Crippen molar-refractivity contribution in [2.24, 2.45) is 5.92 Å². The summed E-state index contributed by atoms with van der Waals surface area (Å²) in [6.07, 6.45) is 3.48. The zero-order valence-corrected chi connectivity index (χ0v) is 9.34. The molecule has 86 valence electrons. The summed E-state index contributed by atoms with van der Waals surface area (Å²) >= 11 is 0. The summed E-state index contributed by atoms with van der Waals surface area (Å²) in [7, 11) is 1.33. The smallest absolute Gasteiger partial charge is 0.331 e. The molecule has 2 rings (SSSR count). The number of nitrogens with zero attached hydrogens (tertiary/aromatic N) is 2. The van der Waals surface area contributed by atoms with E-state index in [4.69, 9.17) is 4.74 Å². The second kappa shape index (κ2) is 4.08. The Balaban J connectivity index is 2.39. The van der Waals surface area contributed by atoms with Crippen LogP contribution in [0.4, 0.5) is 0 Å². The van der Waals surface area contributed by atoms with Crippen molar-refractivity contribution in [3.63, 3.8) is 0 Å². The molecular weight excluding hydrogens is 208 g/mol. The van der Waals surface area contributed by atoms with E-state index in [0.717, 1.165) is 18.4 Å². The highest BCUT2D eigenvalue weighted by molar-refractivity contribution is 5.74. The summed E-state index contributed by atoms with van der Waals surface area (Å²) in [6, 6.07) is 0.920. The van der Waals surface area contributed by atoms with Crippen molar-refractivity contribution >= 4 is 5.97 Å². The molecule has 1 saturated carbocycles. The van der Waals surface area contributed by atoms with E-state index >= 15 is 0 Å². The number of methoxy groups -OCH3 is 1. The van der Waals surface area contributed by atoms with Crippen LogP contribution in [0.2, 0.25) is 0 Å². The number of carbonyl (C=O) groups is 1. The lowest BCUT2D eigenvalue weighted by Crippen LogP contribution is -2.33. The van der Waals surface area contributed by atoms with Crippen molar-refractivity contribution in [1.29, 1.82) is 0 Å². The summed E-state index contributed by atoms with van der Waals surface area (Å²) in [4.78, 5) is 23.3. The molecule has 1 aliphatic rings. The number of esters is 1. The SMILES string of the molecule is COC(=O)C(C1CC1)n1ncc(C)cc1=O. The zero-order valence-electron chi connectivity index (χ0n) is 9.34. The molecule has 0 aromatic carbocycles. The van der Waals surface area contributed by atoms with Gasteiger partial charge in [0, 0.05) is 6.07 Å². The minimum atomic E-state index is -0.557. The molecule has 0 radical (unpaired) electrons. The van der Waals surface area contributed by atoms with E-state index < -0.39 is 6.04 Å². The van der Waals surface area contributed by atoms with E-state index in [2.05, 4.69) is 5.10 Å². The highest BCUT2D eigenvalue weighted by Gasteiger charge is 2.39. The van der Waals surface area contributed by atoms with Crippen LogP contribution >= 0.6 is 0 Å². The maximum absolute atomic E-state index is 11.7. The lowest BCUT2D eigenvalue weighted by Gasteiger charge is -2.15. The van der Waals surface area contributed by atoms with Crippen LogP contribution in [0.25, 0.3) is 0 Å². The first-order valence-electron chi connectivity index (χ1n) is 5.27. The largest absolute Gasteiger partial charge is 0.467 e. The van der Waals surface area contributed by atoms with Crippen molar-refractivity contribution in [2.75, 3.05) is 7.11 Å². The third kappa shape index (κ3) is 1.98. The standard InChI is InChI=1S/C11H14N2O3/c1-7-5-9(14)13(12-6-7)10(8-3-4-8)11(15)16-2/h5-6,8,10H,3-4H2,1-2H3. The molecule has 5 heteroatoms. The molecule has 5 nitrogen and oxygen atoms in total. The van der Waals surface area contributed by atoms with E-state index in [1.165, 1.54) is 17.9 Å². The number of ether oxygens (including phenoxy) is 1. The molecule has 0 spiro atoms. The normalized spacial score (nSPS) is 16.9. The van der Waals surface area contributed by atoms with Crippen molar-refractivity contribution in [3.8, 4) is 0 Å². The van der Waals surface area contributed by atoms with Gasteiger partial charge < -0.3 is 4.74 Å². The van der Waals surface area contributed by atoms with Crippen molar-refractivity contribution < 1.29 is 9.53 Å². The van der Waals surface area contributed by atoms with Crippen LogP contribution in [0.15, 0.2) is 17.1 Å². The third-order valence-corrected chi connectivity index (χ3v) is 2.74. The third-order valence-electron chi connectivity index (χ3n) is 2.74. The molecule has 1 unspecified atom stereocenters. The molecule has 0 saturated heterocycles. The summed E-state index contributed by atoms with van der Waals surface area (Å²) in [5, 5.41) is 4.01.